The Kier molecular flexibility index (Phi) is 5.16. The highest BCUT2D eigenvalue weighted by atomic mass is 79.9. The Morgan fingerprint density at radius 2 is 2.16 bits per heavy atom. The predicted octanol–water partition coefficient (Wildman–Crippen LogP) is 3.95. The third kappa shape index (κ3) is 3.66. The Balaban J connectivity index is 2.14. The van der Waals surface area contributed by atoms with E-state index in [1.807, 2.05) is 6.07 Å². The molecule has 2 nitrogen and oxygen atoms in total. The summed E-state index contributed by atoms with van der Waals surface area (Å²) >= 11 is 5.31. The Bertz CT molecular complexity index is 538. The standard InChI is InChI=1S/C15H19BrN2S/c1-11-6-7-19-15(11)14(9-17)18(2)10-12-4-3-5-13(16)8-12/h3-8,14H,9-10,17H2,1-2H3. The molecule has 0 saturated carbocycles. The molecule has 0 aliphatic heterocycles. The summed E-state index contributed by atoms with van der Waals surface area (Å²) in [4.78, 5) is 3.70. The molecule has 2 rings (SSSR count). The van der Waals surface area contributed by atoms with Crippen molar-refractivity contribution in [1.82, 2.24) is 4.90 Å². The second-order valence-electron chi connectivity index (χ2n) is 4.76. The van der Waals surface area contributed by atoms with Crippen LogP contribution in [0.2, 0.25) is 0 Å². The molecule has 1 unspecified atom stereocenters. The molecular formula is C15H19BrN2S. The van der Waals surface area contributed by atoms with E-state index in [9.17, 15) is 0 Å². The number of hydrogen-bond donors (Lipinski definition) is 1. The van der Waals surface area contributed by atoms with E-state index in [4.69, 9.17) is 5.73 Å². The van der Waals surface area contributed by atoms with Gasteiger partial charge in [-0.05, 0) is 48.7 Å². The quantitative estimate of drug-likeness (QED) is 0.894. The van der Waals surface area contributed by atoms with Crippen LogP contribution < -0.4 is 5.73 Å². The van der Waals surface area contributed by atoms with Crippen molar-refractivity contribution in [2.45, 2.75) is 19.5 Å². The second-order valence-corrected chi connectivity index (χ2v) is 6.63. The molecule has 102 valence electrons. The molecule has 1 heterocycles. The van der Waals surface area contributed by atoms with Crippen LogP contribution in [0.15, 0.2) is 40.2 Å². The van der Waals surface area contributed by atoms with Crippen LogP contribution in [-0.2, 0) is 6.54 Å². The molecule has 0 fully saturated rings. The van der Waals surface area contributed by atoms with Crippen molar-refractivity contribution in [1.29, 1.82) is 0 Å². The van der Waals surface area contributed by atoms with Gasteiger partial charge in [-0.2, -0.15) is 0 Å². The zero-order valence-corrected chi connectivity index (χ0v) is 13.7. The Hall–Kier alpha value is -0.680. The van der Waals surface area contributed by atoms with Crippen molar-refractivity contribution >= 4 is 27.3 Å². The summed E-state index contributed by atoms with van der Waals surface area (Å²) < 4.78 is 1.12. The lowest BCUT2D eigenvalue weighted by Crippen LogP contribution is -2.30. The fourth-order valence-electron chi connectivity index (χ4n) is 2.25. The van der Waals surface area contributed by atoms with Gasteiger partial charge in [0.2, 0.25) is 0 Å². The average molecular weight is 339 g/mol. The van der Waals surface area contributed by atoms with Crippen molar-refractivity contribution in [2.24, 2.45) is 5.73 Å². The largest absolute Gasteiger partial charge is 0.329 e. The molecule has 19 heavy (non-hydrogen) atoms. The van der Waals surface area contributed by atoms with Crippen molar-refractivity contribution in [3.63, 3.8) is 0 Å². The molecule has 0 bridgehead atoms. The van der Waals surface area contributed by atoms with E-state index in [-0.39, 0.29) is 0 Å². The lowest BCUT2D eigenvalue weighted by molar-refractivity contribution is 0.244. The number of halogens is 1. The predicted molar refractivity (Wildman–Crippen MR) is 86.5 cm³/mol. The van der Waals surface area contributed by atoms with Gasteiger partial charge in [-0.3, -0.25) is 4.90 Å². The topological polar surface area (TPSA) is 29.3 Å². The molecule has 0 amide bonds. The van der Waals surface area contributed by atoms with Gasteiger partial charge in [-0.25, -0.2) is 0 Å². The van der Waals surface area contributed by atoms with Crippen LogP contribution in [0.3, 0.4) is 0 Å². The monoisotopic (exact) mass is 338 g/mol. The number of aryl methyl sites for hydroxylation is 1. The van der Waals surface area contributed by atoms with Gasteiger partial charge in [0.1, 0.15) is 0 Å². The molecule has 0 spiro atoms. The molecule has 1 aromatic heterocycles. The number of likely N-dealkylation sites (N-methyl/N-ethyl adjacent to an activating group) is 1. The van der Waals surface area contributed by atoms with Crippen LogP contribution in [0, 0.1) is 6.92 Å². The molecule has 0 aliphatic rings. The van der Waals surface area contributed by atoms with Crippen molar-refractivity contribution in [2.75, 3.05) is 13.6 Å². The molecule has 2 aromatic rings. The number of nitrogens with zero attached hydrogens (tertiary/aromatic N) is 1. The van der Waals surface area contributed by atoms with Crippen molar-refractivity contribution in [3.8, 4) is 0 Å². The van der Waals surface area contributed by atoms with Gasteiger partial charge >= 0.3 is 0 Å². The van der Waals surface area contributed by atoms with Gasteiger partial charge < -0.3 is 5.73 Å². The third-order valence-electron chi connectivity index (χ3n) is 3.28. The molecule has 4 heteroatoms. The van der Waals surface area contributed by atoms with Gasteiger partial charge in [0.15, 0.2) is 0 Å². The maximum atomic E-state index is 5.97. The summed E-state index contributed by atoms with van der Waals surface area (Å²) in [5.74, 6) is 0. The number of hydrogen-bond acceptors (Lipinski definition) is 3. The highest BCUT2D eigenvalue weighted by molar-refractivity contribution is 9.10. The van der Waals surface area contributed by atoms with Crippen LogP contribution in [0.5, 0.6) is 0 Å². The molecule has 2 N–H and O–H groups in total. The molecular weight excluding hydrogens is 320 g/mol. The van der Waals surface area contributed by atoms with E-state index in [1.165, 1.54) is 16.0 Å². The van der Waals surface area contributed by atoms with Crippen LogP contribution >= 0.6 is 27.3 Å². The summed E-state index contributed by atoms with van der Waals surface area (Å²) in [6, 6.07) is 10.9. The van der Waals surface area contributed by atoms with Crippen molar-refractivity contribution in [3.05, 3.63) is 56.2 Å². The van der Waals surface area contributed by atoms with Crippen LogP contribution in [-0.4, -0.2) is 18.5 Å². The summed E-state index contributed by atoms with van der Waals surface area (Å²) in [5.41, 5.74) is 8.60. The van der Waals surface area contributed by atoms with E-state index >= 15 is 0 Å². The summed E-state index contributed by atoms with van der Waals surface area (Å²) in [6.07, 6.45) is 0. The lowest BCUT2D eigenvalue weighted by Gasteiger charge is -2.27. The zero-order valence-electron chi connectivity index (χ0n) is 11.3. The Morgan fingerprint density at radius 1 is 1.37 bits per heavy atom. The second kappa shape index (κ2) is 6.66. The minimum atomic E-state index is 0.291. The van der Waals surface area contributed by atoms with Crippen LogP contribution in [0.1, 0.15) is 22.0 Å². The SMILES string of the molecule is Cc1ccsc1C(CN)N(C)Cc1cccc(Br)c1. The Morgan fingerprint density at radius 3 is 2.74 bits per heavy atom. The van der Waals surface area contributed by atoms with Gasteiger partial charge in [-0.1, -0.05) is 28.1 Å². The normalized spacial score (nSPS) is 12.9. The number of rotatable bonds is 5. The van der Waals surface area contributed by atoms with Crippen LogP contribution in [0.4, 0.5) is 0 Å². The van der Waals surface area contributed by atoms with Crippen LogP contribution in [0.25, 0.3) is 0 Å². The first-order valence-corrected chi connectivity index (χ1v) is 7.98. The molecule has 0 radical (unpaired) electrons. The maximum Gasteiger partial charge on any atom is 0.0567 e. The third-order valence-corrected chi connectivity index (χ3v) is 4.89. The first kappa shape index (κ1) is 14.7. The molecule has 1 aromatic carbocycles. The fraction of sp³-hybridized carbons (Fsp3) is 0.333. The minimum Gasteiger partial charge on any atom is -0.329 e. The first-order chi connectivity index (χ1) is 9.11. The highest BCUT2D eigenvalue weighted by Crippen LogP contribution is 2.28. The van der Waals surface area contributed by atoms with Gasteiger partial charge in [-0.15, -0.1) is 11.3 Å². The average Bonchev–Trinajstić information content (AvgIpc) is 2.77. The Labute approximate surface area is 127 Å². The number of nitrogens with two attached hydrogens (primary N) is 1. The highest BCUT2D eigenvalue weighted by Gasteiger charge is 2.18. The lowest BCUT2D eigenvalue weighted by atomic mass is 10.1. The maximum absolute atomic E-state index is 5.97. The summed E-state index contributed by atoms with van der Waals surface area (Å²) in [6.45, 7) is 3.70. The summed E-state index contributed by atoms with van der Waals surface area (Å²) in [7, 11) is 2.14. The summed E-state index contributed by atoms with van der Waals surface area (Å²) in [5, 5.41) is 2.14. The van der Waals surface area contributed by atoms with Crippen molar-refractivity contribution < 1.29 is 0 Å². The van der Waals surface area contributed by atoms with E-state index in [0.717, 1.165) is 11.0 Å². The zero-order chi connectivity index (χ0) is 13.8. The van der Waals surface area contributed by atoms with Gasteiger partial charge in [0.05, 0.1) is 6.04 Å². The fourth-order valence-corrected chi connectivity index (χ4v) is 3.80. The van der Waals surface area contributed by atoms with E-state index < -0.39 is 0 Å². The molecule has 0 aliphatic carbocycles. The number of benzene rings is 1. The molecule has 1 atom stereocenters. The van der Waals surface area contributed by atoms with E-state index in [2.05, 4.69) is 64.4 Å². The van der Waals surface area contributed by atoms with Gasteiger partial charge in [0, 0.05) is 22.4 Å². The minimum absolute atomic E-state index is 0.291. The van der Waals surface area contributed by atoms with E-state index in [1.54, 1.807) is 11.3 Å². The van der Waals surface area contributed by atoms with Gasteiger partial charge in [0.25, 0.3) is 0 Å². The molecule has 0 saturated heterocycles. The number of thiophene rings is 1. The smallest absolute Gasteiger partial charge is 0.0567 e. The first-order valence-electron chi connectivity index (χ1n) is 6.30. The van der Waals surface area contributed by atoms with E-state index in [0.29, 0.717) is 12.6 Å².